The van der Waals surface area contributed by atoms with E-state index in [0.717, 1.165) is 5.56 Å². The minimum absolute atomic E-state index is 0.357. The fourth-order valence-corrected chi connectivity index (χ4v) is 2.01. The van der Waals surface area contributed by atoms with E-state index in [-0.39, 0.29) is 0 Å². The molecule has 0 aliphatic rings. The van der Waals surface area contributed by atoms with E-state index in [1.54, 1.807) is 31.5 Å². The molecule has 0 saturated heterocycles. The summed E-state index contributed by atoms with van der Waals surface area (Å²) in [6.45, 7) is 1.94. The van der Waals surface area contributed by atoms with Gasteiger partial charge in [0.2, 0.25) is 5.82 Å². The number of anilines is 1. The van der Waals surface area contributed by atoms with Gasteiger partial charge in [0.25, 0.3) is 5.89 Å². The van der Waals surface area contributed by atoms with Gasteiger partial charge in [-0.3, -0.25) is 4.98 Å². The normalized spacial score (nSPS) is 10.6. The van der Waals surface area contributed by atoms with E-state index >= 15 is 0 Å². The van der Waals surface area contributed by atoms with Crippen LogP contribution in [-0.2, 0) is 0 Å². The summed E-state index contributed by atoms with van der Waals surface area (Å²) < 4.78 is 10.4. The zero-order valence-corrected chi connectivity index (χ0v) is 11.7. The number of nitrogens with two attached hydrogens (primary N) is 1. The van der Waals surface area contributed by atoms with E-state index < -0.39 is 0 Å². The Labute approximate surface area is 121 Å². The van der Waals surface area contributed by atoms with Crippen molar-refractivity contribution in [3.05, 3.63) is 42.1 Å². The van der Waals surface area contributed by atoms with E-state index in [0.29, 0.717) is 34.4 Å². The Morgan fingerprint density at radius 3 is 2.81 bits per heavy atom. The maximum atomic E-state index is 5.98. The van der Waals surface area contributed by atoms with Gasteiger partial charge in [-0.25, -0.2) is 0 Å². The first-order chi connectivity index (χ1) is 10.2. The number of nitrogen functional groups attached to an aromatic ring is 1. The van der Waals surface area contributed by atoms with Crippen molar-refractivity contribution in [2.45, 2.75) is 6.92 Å². The lowest BCUT2D eigenvalue weighted by Gasteiger charge is -2.03. The first kappa shape index (κ1) is 13.1. The van der Waals surface area contributed by atoms with Gasteiger partial charge in [-0.05, 0) is 30.7 Å². The lowest BCUT2D eigenvalue weighted by atomic mass is 10.1. The minimum atomic E-state index is 0.357. The molecule has 21 heavy (non-hydrogen) atoms. The number of aromatic nitrogens is 3. The molecule has 0 fully saturated rings. The molecular weight excluding hydrogens is 268 g/mol. The second kappa shape index (κ2) is 5.24. The van der Waals surface area contributed by atoms with Crippen LogP contribution in [0.15, 0.2) is 41.1 Å². The van der Waals surface area contributed by atoms with Crippen molar-refractivity contribution < 1.29 is 9.26 Å². The summed E-state index contributed by atoms with van der Waals surface area (Å²) in [5.74, 6) is 1.48. The highest BCUT2D eigenvalue weighted by atomic mass is 16.5. The highest BCUT2D eigenvalue weighted by Gasteiger charge is 2.15. The van der Waals surface area contributed by atoms with Gasteiger partial charge >= 0.3 is 0 Å². The molecule has 0 aliphatic heterocycles. The summed E-state index contributed by atoms with van der Waals surface area (Å²) in [4.78, 5) is 8.64. The van der Waals surface area contributed by atoms with Crippen molar-refractivity contribution in [3.63, 3.8) is 0 Å². The quantitative estimate of drug-likeness (QED) is 0.743. The maximum Gasteiger partial charge on any atom is 0.260 e. The van der Waals surface area contributed by atoms with Gasteiger partial charge in [-0.2, -0.15) is 4.98 Å². The van der Waals surface area contributed by atoms with Crippen molar-refractivity contribution in [3.8, 4) is 28.7 Å². The predicted molar refractivity (Wildman–Crippen MR) is 78.7 cm³/mol. The topological polar surface area (TPSA) is 87.1 Å². The number of hydrogen-bond acceptors (Lipinski definition) is 6. The number of pyridine rings is 1. The second-order valence-electron chi connectivity index (χ2n) is 4.55. The maximum absolute atomic E-state index is 5.98. The van der Waals surface area contributed by atoms with E-state index in [9.17, 15) is 0 Å². The second-order valence-corrected chi connectivity index (χ2v) is 4.55. The van der Waals surface area contributed by atoms with E-state index in [2.05, 4.69) is 15.1 Å². The molecule has 0 spiro atoms. The lowest BCUT2D eigenvalue weighted by molar-refractivity contribution is 0.414. The summed E-state index contributed by atoms with van der Waals surface area (Å²) in [5.41, 5.74) is 8.84. The number of hydrogen-bond donors (Lipinski definition) is 1. The number of methoxy groups -OCH3 is 1. The molecule has 2 aromatic heterocycles. The summed E-state index contributed by atoms with van der Waals surface area (Å²) in [5, 5.41) is 3.97. The highest BCUT2D eigenvalue weighted by molar-refractivity contribution is 5.72. The molecule has 0 atom stereocenters. The minimum Gasteiger partial charge on any atom is -0.497 e. The molecule has 6 nitrogen and oxygen atoms in total. The van der Waals surface area contributed by atoms with E-state index in [4.69, 9.17) is 15.0 Å². The third-order valence-corrected chi connectivity index (χ3v) is 3.14. The van der Waals surface area contributed by atoms with Crippen LogP contribution in [0.3, 0.4) is 0 Å². The largest absolute Gasteiger partial charge is 0.497 e. The molecule has 3 aromatic rings. The Morgan fingerprint density at radius 1 is 1.24 bits per heavy atom. The summed E-state index contributed by atoms with van der Waals surface area (Å²) in [6.07, 6.45) is 1.69. The Morgan fingerprint density at radius 2 is 2.10 bits per heavy atom. The molecular formula is C15H14N4O2. The molecule has 2 heterocycles. The van der Waals surface area contributed by atoms with Crippen molar-refractivity contribution in [1.82, 2.24) is 15.1 Å². The van der Waals surface area contributed by atoms with Crippen LogP contribution in [0.2, 0.25) is 0 Å². The first-order valence-corrected chi connectivity index (χ1v) is 6.38. The Bertz CT molecular complexity index is 783. The van der Waals surface area contributed by atoms with Crippen LogP contribution >= 0.6 is 0 Å². The molecule has 0 aliphatic carbocycles. The summed E-state index contributed by atoms with van der Waals surface area (Å²) in [7, 11) is 1.59. The zero-order valence-electron chi connectivity index (χ0n) is 11.7. The molecule has 0 bridgehead atoms. The SMILES string of the molecule is COc1ccc(-c2nc(-c3ncccc3C)no2)c(N)c1. The predicted octanol–water partition coefficient (Wildman–Crippen LogP) is 2.70. The standard InChI is InChI=1S/C15H14N4O2/c1-9-4-3-7-17-13(9)14-18-15(21-19-14)11-6-5-10(20-2)8-12(11)16/h3-8H,16H2,1-2H3. The number of benzene rings is 1. The molecule has 1 aromatic carbocycles. The van der Waals surface area contributed by atoms with E-state index in [1.165, 1.54) is 0 Å². The Balaban J connectivity index is 2.01. The van der Waals surface area contributed by atoms with Crippen molar-refractivity contribution in [2.75, 3.05) is 12.8 Å². The Hall–Kier alpha value is -2.89. The molecule has 6 heteroatoms. The molecule has 3 rings (SSSR count). The van der Waals surface area contributed by atoms with Crippen LogP contribution in [0.4, 0.5) is 5.69 Å². The van der Waals surface area contributed by atoms with Crippen LogP contribution in [0.5, 0.6) is 5.75 Å². The monoisotopic (exact) mass is 282 g/mol. The molecule has 106 valence electrons. The average molecular weight is 282 g/mol. The van der Waals surface area contributed by atoms with Gasteiger partial charge in [-0.1, -0.05) is 11.2 Å². The van der Waals surface area contributed by atoms with Gasteiger partial charge in [0.05, 0.1) is 12.7 Å². The number of ether oxygens (including phenoxy) is 1. The first-order valence-electron chi connectivity index (χ1n) is 6.38. The van der Waals surface area contributed by atoms with Gasteiger partial charge in [-0.15, -0.1) is 0 Å². The van der Waals surface area contributed by atoms with Crippen molar-refractivity contribution >= 4 is 5.69 Å². The zero-order chi connectivity index (χ0) is 14.8. The van der Waals surface area contributed by atoms with Crippen LogP contribution in [0.1, 0.15) is 5.56 Å². The van der Waals surface area contributed by atoms with Crippen LogP contribution in [-0.4, -0.2) is 22.2 Å². The van der Waals surface area contributed by atoms with Crippen LogP contribution in [0, 0.1) is 6.92 Å². The number of nitrogens with zero attached hydrogens (tertiary/aromatic N) is 3. The van der Waals surface area contributed by atoms with Crippen molar-refractivity contribution in [1.29, 1.82) is 0 Å². The lowest BCUT2D eigenvalue weighted by Crippen LogP contribution is -1.93. The summed E-state index contributed by atoms with van der Waals surface area (Å²) >= 11 is 0. The van der Waals surface area contributed by atoms with Gasteiger partial charge < -0.3 is 15.0 Å². The molecule has 0 radical (unpaired) electrons. The summed E-state index contributed by atoms with van der Waals surface area (Å²) in [6, 6.07) is 9.10. The molecule has 2 N–H and O–H groups in total. The van der Waals surface area contributed by atoms with Crippen molar-refractivity contribution in [2.24, 2.45) is 0 Å². The van der Waals surface area contributed by atoms with Gasteiger partial charge in [0, 0.05) is 18.0 Å². The van der Waals surface area contributed by atoms with Crippen LogP contribution in [0.25, 0.3) is 23.0 Å². The Kier molecular flexibility index (Phi) is 3.27. The van der Waals surface area contributed by atoms with E-state index in [1.807, 2.05) is 19.1 Å². The smallest absolute Gasteiger partial charge is 0.260 e. The fraction of sp³-hybridized carbons (Fsp3) is 0.133. The van der Waals surface area contributed by atoms with Gasteiger partial charge in [0.15, 0.2) is 0 Å². The number of rotatable bonds is 3. The average Bonchev–Trinajstić information content (AvgIpc) is 2.97. The van der Waals surface area contributed by atoms with Gasteiger partial charge in [0.1, 0.15) is 11.4 Å². The third kappa shape index (κ3) is 2.43. The fourth-order valence-electron chi connectivity index (χ4n) is 2.01. The van der Waals surface area contributed by atoms with Crippen LogP contribution < -0.4 is 10.5 Å². The third-order valence-electron chi connectivity index (χ3n) is 3.14. The number of aryl methyl sites for hydroxylation is 1. The molecule has 0 unspecified atom stereocenters. The molecule has 0 saturated carbocycles. The molecule has 0 amide bonds. The highest BCUT2D eigenvalue weighted by Crippen LogP contribution is 2.29.